The minimum absolute atomic E-state index is 0.0681. The van der Waals surface area contributed by atoms with Crippen molar-refractivity contribution in [3.8, 4) is 0 Å². The van der Waals surface area contributed by atoms with Gasteiger partial charge in [-0.05, 0) is 31.5 Å². The van der Waals surface area contributed by atoms with Crippen molar-refractivity contribution >= 4 is 15.8 Å². The third kappa shape index (κ3) is 11.6. The number of nitrogens with one attached hydrogen (secondary N) is 2. The lowest BCUT2D eigenvalue weighted by Gasteiger charge is -2.18. The summed E-state index contributed by atoms with van der Waals surface area (Å²) in [7, 11) is 0.812. The van der Waals surface area contributed by atoms with Crippen molar-refractivity contribution in [2.75, 3.05) is 53.2 Å². The average Bonchev–Trinajstić information content (AvgIpc) is 2.60. The van der Waals surface area contributed by atoms with Crippen LogP contribution < -0.4 is 10.6 Å². The van der Waals surface area contributed by atoms with Crippen LogP contribution in [0.25, 0.3) is 0 Å². The molecule has 1 aromatic rings. The molecule has 0 fully saturated rings. The first-order chi connectivity index (χ1) is 12.8. The highest BCUT2D eigenvalue weighted by Gasteiger charge is 2.04. The Balaban J connectivity index is 2.48. The maximum Gasteiger partial charge on any atom is 0.191 e. The number of guanidine groups is 1. The lowest BCUT2D eigenvalue weighted by Crippen LogP contribution is -2.41. The molecule has 1 rings (SSSR count). The Bertz CT molecular complexity index is 660. The van der Waals surface area contributed by atoms with Gasteiger partial charge >= 0.3 is 0 Å². The van der Waals surface area contributed by atoms with Crippen LogP contribution in [0.3, 0.4) is 0 Å². The molecule has 154 valence electrons. The molecule has 27 heavy (non-hydrogen) atoms. The van der Waals surface area contributed by atoms with Crippen LogP contribution in [-0.2, 0) is 26.9 Å². The van der Waals surface area contributed by atoms with Crippen LogP contribution in [-0.4, -0.2) is 72.5 Å². The van der Waals surface area contributed by atoms with Crippen molar-refractivity contribution in [1.29, 1.82) is 0 Å². The fourth-order valence-corrected chi connectivity index (χ4v) is 3.31. The minimum atomic E-state index is -3.01. The standard InChI is InChI=1S/C19H34N4O3S/c1-5-20-19(21-11-13-23(2)12-6-14-26-3)22-15-17-7-9-18(10-8-17)16-27(4,24)25/h7-10H,5-6,11-16H2,1-4H3,(H2,20,21,22). The number of benzene rings is 1. The van der Waals surface area contributed by atoms with E-state index in [2.05, 4.69) is 27.6 Å². The second-order valence-electron chi connectivity index (χ2n) is 6.66. The maximum absolute atomic E-state index is 11.3. The zero-order valence-corrected chi connectivity index (χ0v) is 17.8. The van der Waals surface area contributed by atoms with E-state index in [1.807, 2.05) is 31.2 Å². The number of rotatable bonds is 12. The highest BCUT2D eigenvalue weighted by Crippen LogP contribution is 2.08. The summed E-state index contributed by atoms with van der Waals surface area (Å²) in [4.78, 5) is 6.86. The summed E-state index contributed by atoms with van der Waals surface area (Å²) in [5.74, 6) is 0.849. The van der Waals surface area contributed by atoms with Gasteiger partial charge in [-0.3, -0.25) is 0 Å². The molecule has 0 radical (unpaired) electrons. The minimum Gasteiger partial charge on any atom is -0.385 e. The van der Waals surface area contributed by atoms with Crippen LogP contribution in [0, 0.1) is 0 Å². The Morgan fingerprint density at radius 2 is 1.81 bits per heavy atom. The number of likely N-dealkylation sites (N-methyl/N-ethyl adjacent to an activating group) is 1. The Hall–Kier alpha value is -1.64. The highest BCUT2D eigenvalue weighted by atomic mass is 32.2. The molecule has 0 aliphatic rings. The third-order valence-electron chi connectivity index (χ3n) is 3.89. The molecule has 0 atom stereocenters. The van der Waals surface area contributed by atoms with Gasteiger partial charge in [-0.1, -0.05) is 24.3 Å². The van der Waals surface area contributed by atoms with Crippen LogP contribution >= 0.6 is 0 Å². The van der Waals surface area contributed by atoms with Crippen molar-refractivity contribution in [1.82, 2.24) is 15.5 Å². The fourth-order valence-electron chi connectivity index (χ4n) is 2.51. The molecule has 0 saturated heterocycles. The predicted molar refractivity (Wildman–Crippen MR) is 112 cm³/mol. The Kier molecular flexibility index (Phi) is 11.0. The van der Waals surface area contributed by atoms with E-state index in [1.54, 1.807) is 7.11 Å². The Morgan fingerprint density at radius 3 is 2.41 bits per heavy atom. The Labute approximate surface area is 164 Å². The van der Waals surface area contributed by atoms with Crippen molar-refractivity contribution in [2.24, 2.45) is 4.99 Å². The number of aliphatic imine (C=N–C) groups is 1. The first-order valence-corrected chi connectivity index (χ1v) is 11.3. The van der Waals surface area contributed by atoms with E-state index in [-0.39, 0.29) is 5.75 Å². The molecule has 0 saturated carbocycles. The van der Waals surface area contributed by atoms with E-state index in [0.29, 0.717) is 6.54 Å². The zero-order chi connectivity index (χ0) is 20.1. The number of sulfone groups is 1. The molecule has 7 nitrogen and oxygen atoms in total. The Morgan fingerprint density at radius 1 is 1.15 bits per heavy atom. The van der Waals surface area contributed by atoms with E-state index in [9.17, 15) is 8.42 Å². The van der Waals surface area contributed by atoms with E-state index in [4.69, 9.17) is 4.74 Å². The molecule has 8 heteroatoms. The van der Waals surface area contributed by atoms with E-state index >= 15 is 0 Å². The molecule has 0 spiro atoms. The van der Waals surface area contributed by atoms with Crippen LogP contribution in [0.5, 0.6) is 0 Å². The van der Waals surface area contributed by atoms with Gasteiger partial charge in [-0.25, -0.2) is 13.4 Å². The number of hydrogen-bond donors (Lipinski definition) is 2. The number of nitrogens with zero attached hydrogens (tertiary/aromatic N) is 2. The third-order valence-corrected chi connectivity index (χ3v) is 4.75. The second kappa shape index (κ2) is 12.7. The van der Waals surface area contributed by atoms with Gasteiger partial charge in [0.05, 0.1) is 12.3 Å². The molecule has 1 aromatic carbocycles. The van der Waals surface area contributed by atoms with Crippen LogP contribution in [0.2, 0.25) is 0 Å². The van der Waals surface area contributed by atoms with Crippen LogP contribution in [0.1, 0.15) is 24.5 Å². The monoisotopic (exact) mass is 398 g/mol. The molecular weight excluding hydrogens is 364 g/mol. The van der Waals surface area contributed by atoms with Gasteiger partial charge in [0.15, 0.2) is 15.8 Å². The molecule has 2 N–H and O–H groups in total. The summed E-state index contributed by atoms with van der Waals surface area (Å²) < 4.78 is 27.8. The van der Waals surface area contributed by atoms with Gasteiger partial charge < -0.3 is 20.3 Å². The first kappa shape index (κ1) is 23.4. The summed E-state index contributed by atoms with van der Waals surface area (Å²) in [5.41, 5.74) is 1.84. The molecule has 0 bridgehead atoms. The molecule has 0 unspecified atom stereocenters. The lowest BCUT2D eigenvalue weighted by molar-refractivity contribution is 0.180. The highest BCUT2D eigenvalue weighted by molar-refractivity contribution is 7.89. The van der Waals surface area contributed by atoms with Crippen molar-refractivity contribution < 1.29 is 13.2 Å². The van der Waals surface area contributed by atoms with Crippen molar-refractivity contribution in [3.05, 3.63) is 35.4 Å². The normalized spacial score (nSPS) is 12.4. The molecule has 0 amide bonds. The summed E-state index contributed by atoms with van der Waals surface area (Å²) >= 11 is 0. The van der Waals surface area contributed by atoms with Crippen molar-refractivity contribution in [3.63, 3.8) is 0 Å². The summed E-state index contributed by atoms with van der Waals surface area (Å²) in [6, 6.07) is 7.55. The molecule has 0 aliphatic heterocycles. The molecule has 0 aliphatic carbocycles. The molecular formula is C19H34N4O3S. The van der Waals surface area contributed by atoms with E-state index in [0.717, 1.165) is 56.3 Å². The maximum atomic E-state index is 11.3. The van der Waals surface area contributed by atoms with Gasteiger partial charge in [0, 0.05) is 46.2 Å². The summed E-state index contributed by atoms with van der Waals surface area (Å²) in [6.45, 7) is 6.89. The summed E-state index contributed by atoms with van der Waals surface area (Å²) in [6.07, 6.45) is 2.27. The lowest BCUT2D eigenvalue weighted by atomic mass is 10.1. The average molecular weight is 399 g/mol. The van der Waals surface area contributed by atoms with Crippen molar-refractivity contribution in [2.45, 2.75) is 25.6 Å². The molecule has 0 aromatic heterocycles. The predicted octanol–water partition coefficient (Wildman–Crippen LogP) is 1.25. The summed E-state index contributed by atoms with van der Waals surface area (Å²) in [5, 5.41) is 6.58. The zero-order valence-electron chi connectivity index (χ0n) is 17.0. The van der Waals surface area contributed by atoms with E-state index in [1.165, 1.54) is 6.26 Å². The van der Waals surface area contributed by atoms with Gasteiger partial charge in [-0.2, -0.15) is 0 Å². The van der Waals surface area contributed by atoms with Gasteiger partial charge in [0.1, 0.15) is 0 Å². The smallest absolute Gasteiger partial charge is 0.191 e. The molecule has 0 heterocycles. The number of hydrogen-bond acceptors (Lipinski definition) is 5. The number of ether oxygens (including phenoxy) is 1. The second-order valence-corrected chi connectivity index (χ2v) is 8.80. The van der Waals surface area contributed by atoms with Gasteiger partial charge in [0.25, 0.3) is 0 Å². The SMILES string of the molecule is CCNC(=NCc1ccc(CS(C)(=O)=O)cc1)NCCN(C)CCCOC. The number of methoxy groups -OCH3 is 1. The van der Waals surface area contributed by atoms with Crippen LogP contribution in [0.4, 0.5) is 0 Å². The van der Waals surface area contributed by atoms with Crippen LogP contribution in [0.15, 0.2) is 29.3 Å². The van der Waals surface area contributed by atoms with Gasteiger partial charge in [-0.15, -0.1) is 0 Å². The topological polar surface area (TPSA) is 83.0 Å². The largest absolute Gasteiger partial charge is 0.385 e. The quantitative estimate of drug-likeness (QED) is 0.313. The van der Waals surface area contributed by atoms with E-state index < -0.39 is 9.84 Å². The fraction of sp³-hybridized carbons (Fsp3) is 0.632. The van der Waals surface area contributed by atoms with Gasteiger partial charge in [0.2, 0.25) is 0 Å². The first-order valence-electron chi connectivity index (χ1n) is 9.29.